The van der Waals surface area contributed by atoms with Crippen LogP contribution in [0.3, 0.4) is 0 Å². The zero-order valence-corrected chi connectivity index (χ0v) is 17.0. The number of carbonyl (C=O) groups is 2. The number of nitrogens with one attached hydrogen (secondary N) is 1. The van der Waals surface area contributed by atoms with Crippen LogP contribution in [-0.2, 0) is 20.9 Å². The van der Waals surface area contributed by atoms with Gasteiger partial charge in [0.15, 0.2) is 6.61 Å². The van der Waals surface area contributed by atoms with Crippen LogP contribution in [-0.4, -0.2) is 36.2 Å². The average molecular weight is 400 g/mol. The number of rotatable bonds is 6. The summed E-state index contributed by atoms with van der Waals surface area (Å²) in [5.41, 5.74) is 6.90. The highest BCUT2D eigenvalue weighted by Crippen LogP contribution is 2.32. The Morgan fingerprint density at radius 2 is 1.85 bits per heavy atom. The van der Waals surface area contributed by atoms with Gasteiger partial charge < -0.3 is 20.5 Å². The number of hydrogen-bond acceptors (Lipinski definition) is 8. The molecular weight excluding hydrogens is 374 g/mol. The van der Waals surface area contributed by atoms with E-state index in [1.165, 1.54) is 0 Å². The maximum absolute atomic E-state index is 11.2. The van der Waals surface area contributed by atoms with Crippen LogP contribution in [0.25, 0.3) is 0 Å². The van der Waals surface area contributed by atoms with Gasteiger partial charge in [0.1, 0.15) is 19.2 Å². The Morgan fingerprint density at radius 3 is 2.31 bits per heavy atom. The first-order chi connectivity index (χ1) is 12.2. The van der Waals surface area contributed by atoms with Crippen LogP contribution < -0.4 is 11.1 Å². The second-order valence-electron chi connectivity index (χ2n) is 5.85. The first-order valence-electron chi connectivity index (χ1n) is 7.67. The van der Waals surface area contributed by atoms with Crippen molar-refractivity contribution in [2.45, 2.75) is 32.1 Å². The van der Waals surface area contributed by atoms with Crippen LogP contribution in [0.4, 0.5) is 10.5 Å². The summed E-state index contributed by atoms with van der Waals surface area (Å²) in [6.45, 7) is 6.03. The van der Waals surface area contributed by atoms with Crippen LogP contribution in [0.15, 0.2) is 24.3 Å². The Morgan fingerprint density at radius 1 is 1.23 bits per heavy atom. The minimum Gasteiger partial charge on any atom is -0.449 e. The van der Waals surface area contributed by atoms with E-state index >= 15 is 0 Å². The Balaban J connectivity index is 0.000000758. The van der Waals surface area contributed by atoms with E-state index < -0.39 is 12.1 Å². The van der Waals surface area contributed by atoms with E-state index in [9.17, 15) is 9.59 Å². The monoisotopic (exact) mass is 399 g/mol. The Kier molecular flexibility index (Phi) is 12.2. The third-order valence-electron chi connectivity index (χ3n) is 2.36. The van der Waals surface area contributed by atoms with Crippen molar-refractivity contribution in [3.8, 4) is 6.07 Å². The molecule has 0 spiro atoms. The number of anilines is 1. The highest BCUT2D eigenvalue weighted by atomic mass is 33.1. The summed E-state index contributed by atoms with van der Waals surface area (Å²) in [5, 5.41) is 10.4. The van der Waals surface area contributed by atoms with Gasteiger partial charge in [-0.1, -0.05) is 54.5 Å². The third kappa shape index (κ3) is 14.3. The normalized spacial score (nSPS) is 9.96. The van der Waals surface area contributed by atoms with Gasteiger partial charge in [-0.3, -0.25) is 4.79 Å². The summed E-state index contributed by atoms with van der Waals surface area (Å²) in [5.74, 6) is -0.703. The molecule has 1 aromatic carbocycles. The lowest BCUT2D eigenvalue weighted by Crippen LogP contribution is -2.31. The van der Waals surface area contributed by atoms with E-state index in [0.29, 0.717) is 10.4 Å². The Labute approximate surface area is 162 Å². The molecule has 0 fully saturated rings. The molecule has 1 rings (SSSR count). The highest BCUT2D eigenvalue weighted by molar-refractivity contribution is 8.76. The zero-order chi connectivity index (χ0) is 20.0. The van der Waals surface area contributed by atoms with Gasteiger partial charge in [0.25, 0.3) is 0 Å². The molecule has 0 heterocycles. The molecule has 0 saturated carbocycles. The standard InChI is InChI=1S/C12H13N3O4.C5H12S2/c13-5-6-18-11(16)7-15-12(17)19-8-9-1-3-10(14)4-2-9;1-5(2,3)7-6-4/h1-4H,6-8,14H2,(H,15,17);1-4H3. The van der Waals surface area contributed by atoms with Crippen molar-refractivity contribution in [1.29, 1.82) is 5.26 Å². The summed E-state index contributed by atoms with van der Waals surface area (Å²) in [4.78, 5) is 22.2. The van der Waals surface area contributed by atoms with Crippen LogP contribution in [0, 0.1) is 11.3 Å². The molecule has 144 valence electrons. The lowest BCUT2D eigenvalue weighted by molar-refractivity contribution is -0.141. The zero-order valence-electron chi connectivity index (χ0n) is 15.4. The molecular formula is C17H25N3O4S2. The maximum atomic E-state index is 11.2. The molecule has 0 radical (unpaired) electrons. The van der Waals surface area contributed by atoms with Crippen molar-refractivity contribution in [3.63, 3.8) is 0 Å². The second-order valence-corrected chi connectivity index (χ2v) is 9.08. The number of carbonyl (C=O) groups excluding carboxylic acids is 2. The van der Waals surface area contributed by atoms with Gasteiger partial charge in [0, 0.05) is 10.4 Å². The number of nitrogens with zero attached hydrogens (tertiary/aromatic N) is 1. The summed E-state index contributed by atoms with van der Waals surface area (Å²) >= 11 is 0. The molecule has 3 N–H and O–H groups in total. The van der Waals surface area contributed by atoms with Gasteiger partial charge in [-0.25, -0.2) is 4.79 Å². The number of hydrogen-bond donors (Lipinski definition) is 2. The number of alkyl carbamates (subject to hydrolysis) is 1. The second kappa shape index (κ2) is 13.2. The number of esters is 1. The third-order valence-corrected chi connectivity index (χ3v) is 5.02. The van der Waals surface area contributed by atoms with Gasteiger partial charge in [0.05, 0.1) is 0 Å². The molecule has 7 nitrogen and oxygen atoms in total. The van der Waals surface area contributed by atoms with Crippen molar-refractivity contribution >= 4 is 39.3 Å². The molecule has 0 unspecified atom stereocenters. The molecule has 0 aliphatic heterocycles. The number of nitriles is 1. The molecule has 9 heteroatoms. The quantitative estimate of drug-likeness (QED) is 0.425. The highest BCUT2D eigenvalue weighted by Gasteiger charge is 2.08. The van der Waals surface area contributed by atoms with Crippen molar-refractivity contribution in [2.75, 3.05) is 25.1 Å². The van der Waals surface area contributed by atoms with Crippen molar-refractivity contribution in [3.05, 3.63) is 29.8 Å². The van der Waals surface area contributed by atoms with E-state index in [1.807, 2.05) is 21.6 Å². The molecule has 0 atom stereocenters. The average Bonchev–Trinajstić information content (AvgIpc) is 2.57. The summed E-state index contributed by atoms with van der Waals surface area (Å²) in [7, 11) is 3.73. The topological polar surface area (TPSA) is 114 Å². The predicted octanol–water partition coefficient (Wildman–Crippen LogP) is 3.36. The van der Waals surface area contributed by atoms with Crippen LogP contribution in [0.5, 0.6) is 0 Å². The maximum Gasteiger partial charge on any atom is 0.407 e. The SMILES string of the molecule is CSSC(C)(C)C.N#CCOC(=O)CNC(=O)OCc1ccc(N)cc1. The van der Waals surface area contributed by atoms with Crippen LogP contribution in [0.2, 0.25) is 0 Å². The lowest BCUT2D eigenvalue weighted by Gasteiger charge is -2.13. The number of amides is 1. The van der Waals surface area contributed by atoms with Gasteiger partial charge in [0.2, 0.25) is 0 Å². The van der Waals surface area contributed by atoms with E-state index in [-0.39, 0.29) is 19.8 Å². The summed E-state index contributed by atoms with van der Waals surface area (Å²) < 4.78 is 9.72. The van der Waals surface area contributed by atoms with Crippen molar-refractivity contribution in [2.24, 2.45) is 0 Å². The van der Waals surface area contributed by atoms with Crippen LogP contribution in [0.1, 0.15) is 26.3 Å². The lowest BCUT2D eigenvalue weighted by atomic mass is 10.2. The molecule has 0 aliphatic rings. The van der Waals surface area contributed by atoms with E-state index in [0.717, 1.165) is 5.56 Å². The van der Waals surface area contributed by atoms with Gasteiger partial charge >= 0.3 is 12.1 Å². The fraction of sp³-hybridized carbons (Fsp3) is 0.471. The Bertz CT molecular complexity index is 596. The molecule has 26 heavy (non-hydrogen) atoms. The minimum absolute atomic E-state index is 0.0688. The fourth-order valence-corrected chi connectivity index (χ4v) is 3.37. The van der Waals surface area contributed by atoms with E-state index in [4.69, 9.17) is 15.7 Å². The minimum atomic E-state index is -0.745. The fourth-order valence-electron chi connectivity index (χ4n) is 1.37. The smallest absolute Gasteiger partial charge is 0.407 e. The molecule has 0 aromatic heterocycles. The number of ether oxygens (including phenoxy) is 2. The van der Waals surface area contributed by atoms with Gasteiger partial charge in [-0.2, -0.15) is 5.26 Å². The molecule has 0 aliphatic carbocycles. The van der Waals surface area contributed by atoms with Gasteiger partial charge in [-0.05, 0) is 24.0 Å². The van der Waals surface area contributed by atoms with Crippen LogP contribution >= 0.6 is 21.6 Å². The first kappa shape index (κ1) is 23.9. The summed E-state index contributed by atoms with van der Waals surface area (Å²) in [6, 6.07) is 8.47. The Hall–Kier alpha value is -2.05. The number of benzene rings is 1. The molecule has 1 aromatic rings. The predicted molar refractivity (Wildman–Crippen MR) is 106 cm³/mol. The largest absolute Gasteiger partial charge is 0.449 e. The molecule has 1 amide bonds. The first-order valence-corrected chi connectivity index (χ1v) is 10.2. The van der Waals surface area contributed by atoms with Gasteiger partial charge in [-0.15, -0.1) is 0 Å². The number of nitrogens with two attached hydrogens (primary N) is 1. The number of nitrogen functional groups attached to an aromatic ring is 1. The van der Waals surface area contributed by atoms with Crippen molar-refractivity contribution < 1.29 is 19.1 Å². The molecule has 0 bridgehead atoms. The van der Waals surface area contributed by atoms with Crippen molar-refractivity contribution in [1.82, 2.24) is 5.32 Å². The van der Waals surface area contributed by atoms with E-state index in [2.05, 4.69) is 37.1 Å². The molecule has 0 saturated heterocycles. The van der Waals surface area contributed by atoms with E-state index in [1.54, 1.807) is 30.3 Å². The summed E-state index contributed by atoms with van der Waals surface area (Å²) in [6.07, 6.45) is 1.36.